The zero-order valence-electron chi connectivity index (χ0n) is 7.77. The molecule has 0 fully saturated rings. The molecule has 0 aromatic carbocycles. The lowest BCUT2D eigenvalue weighted by molar-refractivity contribution is -0.131. The number of hydrogen-bond acceptors (Lipinski definition) is 3. The first-order valence-corrected chi connectivity index (χ1v) is 4.35. The minimum atomic E-state index is -0.915. The van der Waals surface area contributed by atoms with Crippen molar-refractivity contribution in [2.24, 2.45) is 11.1 Å². The number of carboxylic acid groups (broad SMARTS) is 1. The summed E-state index contributed by atoms with van der Waals surface area (Å²) in [7, 11) is 0. The molecular weight excluding hydrogens is 170 g/mol. The van der Waals surface area contributed by atoms with Crippen LogP contribution >= 0.6 is 0 Å². The van der Waals surface area contributed by atoms with E-state index in [-0.39, 0.29) is 0 Å². The second-order valence-electron chi connectivity index (χ2n) is 3.08. The number of aliphatic carboxylic acids is 1. The SMILES string of the molecule is CC(C/C=C/C(=O)O)CCCN=O. The number of hydrogen-bond donors (Lipinski definition) is 1. The van der Waals surface area contributed by atoms with Crippen molar-refractivity contribution in [3.63, 3.8) is 0 Å². The van der Waals surface area contributed by atoms with E-state index in [1.807, 2.05) is 6.92 Å². The molecule has 1 unspecified atom stereocenters. The Kier molecular flexibility index (Phi) is 6.78. The Morgan fingerprint density at radius 1 is 1.62 bits per heavy atom. The molecule has 1 atom stereocenters. The molecule has 13 heavy (non-hydrogen) atoms. The van der Waals surface area contributed by atoms with Crippen molar-refractivity contribution in [1.29, 1.82) is 0 Å². The van der Waals surface area contributed by atoms with Crippen LogP contribution < -0.4 is 0 Å². The Morgan fingerprint density at radius 2 is 2.31 bits per heavy atom. The molecule has 0 aliphatic carbocycles. The molecule has 0 aliphatic heterocycles. The van der Waals surface area contributed by atoms with Gasteiger partial charge in [-0.3, -0.25) is 0 Å². The van der Waals surface area contributed by atoms with Crippen LogP contribution in [0.15, 0.2) is 17.3 Å². The number of nitroso groups, excluding NO2 is 1. The molecule has 0 spiro atoms. The lowest BCUT2D eigenvalue weighted by Crippen LogP contribution is -1.95. The van der Waals surface area contributed by atoms with Crippen molar-refractivity contribution in [2.75, 3.05) is 6.54 Å². The molecular formula is C9H15NO3. The first-order valence-electron chi connectivity index (χ1n) is 4.35. The third-order valence-corrected chi connectivity index (χ3v) is 1.75. The van der Waals surface area contributed by atoms with E-state index in [0.717, 1.165) is 25.3 Å². The molecule has 0 heterocycles. The van der Waals surface area contributed by atoms with Crippen LogP contribution in [-0.2, 0) is 4.79 Å². The molecule has 0 amide bonds. The van der Waals surface area contributed by atoms with Crippen LogP contribution in [-0.4, -0.2) is 17.6 Å². The monoisotopic (exact) mass is 185 g/mol. The Balaban J connectivity index is 3.44. The van der Waals surface area contributed by atoms with Crippen molar-refractivity contribution in [3.8, 4) is 0 Å². The van der Waals surface area contributed by atoms with Gasteiger partial charge in [-0.1, -0.05) is 18.2 Å². The Labute approximate surface area is 77.6 Å². The van der Waals surface area contributed by atoms with Crippen molar-refractivity contribution in [3.05, 3.63) is 17.1 Å². The fourth-order valence-electron chi connectivity index (χ4n) is 1.02. The Hall–Kier alpha value is -1.19. The number of nitrogens with zero attached hydrogens (tertiary/aromatic N) is 1. The summed E-state index contributed by atoms with van der Waals surface area (Å²) in [5.74, 6) is -0.501. The zero-order chi connectivity index (χ0) is 10.1. The largest absolute Gasteiger partial charge is 0.478 e. The molecule has 74 valence electrons. The van der Waals surface area contributed by atoms with Crippen molar-refractivity contribution in [2.45, 2.75) is 26.2 Å². The average molecular weight is 185 g/mol. The summed E-state index contributed by atoms with van der Waals surface area (Å²) in [6, 6.07) is 0. The second-order valence-corrected chi connectivity index (χ2v) is 3.08. The highest BCUT2D eigenvalue weighted by atomic mass is 16.4. The molecule has 0 bridgehead atoms. The quantitative estimate of drug-likeness (QED) is 0.375. The van der Waals surface area contributed by atoms with E-state index in [4.69, 9.17) is 5.11 Å². The smallest absolute Gasteiger partial charge is 0.327 e. The molecule has 0 rings (SSSR count). The topological polar surface area (TPSA) is 66.7 Å². The van der Waals surface area contributed by atoms with E-state index >= 15 is 0 Å². The van der Waals surface area contributed by atoms with Gasteiger partial charge in [0.2, 0.25) is 0 Å². The van der Waals surface area contributed by atoms with Crippen LogP contribution in [0.4, 0.5) is 0 Å². The maximum atomic E-state index is 10.1. The van der Waals surface area contributed by atoms with Crippen LogP contribution in [0.2, 0.25) is 0 Å². The van der Waals surface area contributed by atoms with Crippen molar-refractivity contribution >= 4 is 5.97 Å². The summed E-state index contributed by atoms with van der Waals surface area (Å²) in [4.78, 5) is 19.8. The molecule has 4 heteroatoms. The number of carboxylic acids is 1. The van der Waals surface area contributed by atoms with Gasteiger partial charge in [-0.2, -0.15) is 4.91 Å². The Bertz CT molecular complexity index is 189. The second kappa shape index (κ2) is 7.46. The highest BCUT2D eigenvalue weighted by Crippen LogP contribution is 2.10. The lowest BCUT2D eigenvalue weighted by Gasteiger charge is -2.05. The van der Waals surface area contributed by atoms with Crippen LogP contribution in [0, 0.1) is 10.8 Å². The summed E-state index contributed by atoms with van der Waals surface area (Å²) in [6.07, 6.45) is 5.22. The Morgan fingerprint density at radius 3 is 2.85 bits per heavy atom. The predicted octanol–water partition coefficient (Wildman–Crippen LogP) is 2.20. The minimum Gasteiger partial charge on any atom is -0.478 e. The van der Waals surface area contributed by atoms with Gasteiger partial charge < -0.3 is 5.11 Å². The van der Waals surface area contributed by atoms with Gasteiger partial charge in [0.1, 0.15) is 0 Å². The molecule has 0 aliphatic rings. The molecule has 0 aromatic rings. The summed E-state index contributed by atoms with van der Waals surface area (Å²) in [6.45, 7) is 2.38. The summed E-state index contributed by atoms with van der Waals surface area (Å²) in [5, 5.41) is 11.1. The fourth-order valence-corrected chi connectivity index (χ4v) is 1.02. The van der Waals surface area contributed by atoms with Crippen molar-refractivity contribution in [1.82, 2.24) is 0 Å². The standard InChI is InChI=1S/C9H15NO3/c1-8(5-3-7-10-13)4-2-6-9(11)12/h2,6,8H,3-5,7H2,1H3,(H,11,12)/b6-2+. The highest BCUT2D eigenvalue weighted by molar-refractivity contribution is 5.79. The summed E-state index contributed by atoms with van der Waals surface area (Å²) >= 11 is 0. The first kappa shape index (κ1) is 11.8. The molecule has 0 aromatic heterocycles. The van der Waals surface area contributed by atoms with Gasteiger partial charge in [0.05, 0.1) is 6.54 Å². The van der Waals surface area contributed by atoms with Gasteiger partial charge >= 0.3 is 5.97 Å². The van der Waals surface area contributed by atoms with Gasteiger partial charge in [-0.25, -0.2) is 4.79 Å². The van der Waals surface area contributed by atoms with Crippen LogP contribution in [0.3, 0.4) is 0 Å². The van der Waals surface area contributed by atoms with Gasteiger partial charge in [0.15, 0.2) is 0 Å². The minimum absolute atomic E-state index is 0.354. The molecule has 0 radical (unpaired) electrons. The summed E-state index contributed by atoms with van der Waals surface area (Å²) in [5.41, 5.74) is 0. The van der Waals surface area contributed by atoms with Gasteiger partial charge in [-0.05, 0) is 25.2 Å². The number of rotatable bonds is 7. The number of carbonyl (C=O) groups is 1. The molecule has 4 nitrogen and oxygen atoms in total. The first-order chi connectivity index (χ1) is 6.16. The number of allylic oxidation sites excluding steroid dienone is 1. The summed E-state index contributed by atoms with van der Waals surface area (Å²) < 4.78 is 0. The van der Waals surface area contributed by atoms with Crippen LogP contribution in [0.5, 0.6) is 0 Å². The third kappa shape index (κ3) is 8.72. The van der Waals surface area contributed by atoms with Crippen molar-refractivity contribution < 1.29 is 9.90 Å². The van der Waals surface area contributed by atoms with Gasteiger partial charge in [0.25, 0.3) is 0 Å². The molecule has 0 saturated carbocycles. The fraction of sp³-hybridized carbons (Fsp3) is 0.667. The van der Waals surface area contributed by atoms with E-state index < -0.39 is 5.97 Å². The third-order valence-electron chi connectivity index (χ3n) is 1.75. The van der Waals surface area contributed by atoms with Crippen LogP contribution in [0.25, 0.3) is 0 Å². The maximum absolute atomic E-state index is 10.1. The van der Waals surface area contributed by atoms with E-state index in [1.165, 1.54) is 0 Å². The molecule has 1 N–H and O–H groups in total. The zero-order valence-corrected chi connectivity index (χ0v) is 7.77. The van der Waals surface area contributed by atoms with Gasteiger partial charge in [-0.15, -0.1) is 0 Å². The van der Waals surface area contributed by atoms with E-state index in [9.17, 15) is 9.70 Å². The molecule has 0 saturated heterocycles. The van der Waals surface area contributed by atoms with E-state index in [2.05, 4.69) is 5.18 Å². The maximum Gasteiger partial charge on any atom is 0.327 e. The van der Waals surface area contributed by atoms with Gasteiger partial charge in [0, 0.05) is 6.08 Å². The van der Waals surface area contributed by atoms with E-state index in [1.54, 1.807) is 6.08 Å². The normalized spacial score (nSPS) is 13.0. The average Bonchev–Trinajstić information content (AvgIpc) is 2.04. The lowest BCUT2D eigenvalue weighted by atomic mass is 10.0. The van der Waals surface area contributed by atoms with Crippen LogP contribution in [0.1, 0.15) is 26.2 Å². The highest BCUT2D eigenvalue weighted by Gasteiger charge is 1.99. The van der Waals surface area contributed by atoms with E-state index in [0.29, 0.717) is 12.5 Å². The predicted molar refractivity (Wildman–Crippen MR) is 50.5 cm³/mol.